The summed E-state index contributed by atoms with van der Waals surface area (Å²) in [5.74, 6) is 0. The minimum atomic E-state index is 0.147. The molecule has 112 valence electrons. The normalized spacial score (nSPS) is 24.3. The predicted molar refractivity (Wildman–Crippen MR) is 87.4 cm³/mol. The Morgan fingerprint density at radius 1 is 1.50 bits per heavy atom. The Bertz CT molecular complexity index is 455. The zero-order chi connectivity index (χ0) is 14.7. The molecule has 0 aromatic heterocycles. The Labute approximate surface area is 134 Å². The van der Waals surface area contributed by atoms with E-state index >= 15 is 0 Å². The predicted octanol–water partition coefficient (Wildman–Crippen LogP) is 3.47. The maximum Gasteiger partial charge on any atom is 0.0896 e. The first-order valence-electron chi connectivity index (χ1n) is 6.99. The van der Waals surface area contributed by atoms with Crippen molar-refractivity contribution < 1.29 is 4.74 Å². The number of nitrogens with one attached hydrogen (secondary N) is 1. The van der Waals surface area contributed by atoms with Gasteiger partial charge in [0.25, 0.3) is 0 Å². The number of morpholine rings is 1. The molecule has 1 aliphatic heterocycles. The monoisotopic (exact) mass is 360 g/mol. The van der Waals surface area contributed by atoms with Gasteiger partial charge in [0, 0.05) is 28.6 Å². The quantitative estimate of drug-likeness (QED) is 0.888. The number of hydrogen-bond acceptors (Lipinski definition) is 3. The van der Waals surface area contributed by atoms with E-state index in [9.17, 15) is 0 Å². The van der Waals surface area contributed by atoms with Crippen LogP contribution in [0.4, 0.5) is 0 Å². The summed E-state index contributed by atoms with van der Waals surface area (Å²) in [6.07, 6.45) is 0.147. The highest BCUT2D eigenvalue weighted by atomic mass is 79.9. The van der Waals surface area contributed by atoms with Crippen molar-refractivity contribution in [1.82, 2.24) is 10.2 Å². The van der Waals surface area contributed by atoms with Crippen LogP contribution in [-0.2, 0) is 4.74 Å². The van der Waals surface area contributed by atoms with Gasteiger partial charge < -0.3 is 10.1 Å². The molecular formula is C15H22BrClN2O. The molecule has 5 heteroatoms. The smallest absolute Gasteiger partial charge is 0.0896 e. The number of likely N-dealkylation sites (N-methyl/N-ethyl adjacent to an activating group) is 1. The van der Waals surface area contributed by atoms with Crippen LogP contribution in [-0.4, -0.2) is 43.8 Å². The zero-order valence-corrected chi connectivity index (χ0v) is 14.5. The molecule has 20 heavy (non-hydrogen) atoms. The first-order valence-corrected chi connectivity index (χ1v) is 8.16. The lowest BCUT2D eigenvalue weighted by Gasteiger charge is -2.40. The summed E-state index contributed by atoms with van der Waals surface area (Å²) >= 11 is 9.67. The van der Waals surface area contributed by atoms with Gasteiger partial charge in [-0.2, -0.15) is 0 Å². The Balaban J connectivity index is 2.22. The lowest BCUT2D eigenvalue weighted by molar-refractivity contribution is -0.0622. The maximum absolute atomic E-state index is 6.04. The standard InChI is InChI=1S/C15H22BrClN2O/c1-10(2)18-9-14-15(19(3)6-7-20-14)12-5-4-11(17)8-13(12)16/h4-5,8,10,14-15,18H,6-7,9H2,1-3H3. The molecule has 1 aliphatic rings. The Morgan fingerprint density at radius 2 is 2.25 bits per heavy atom. The van der Waals surface area contributed by atoms with Crippen LogP contribution in [0.3, 0.4) is 0 Å². The topological polar surface area (TPSA) is 24.5 Å². The number of benzene rings is 1. The molecule has 2 rings (SSSR count). The first-order chi connectivity index (χ1) is 9.49. The molecule has 1 saturated heterocycles. The number of nitrogens with zero attached hydrogens (tertiary/aromatic N) is 1. The van der Waals surface area contributed by atoms with E-state index in [1.807, 2.05) is 12.1 Å². The SMILES string of the molecule is CC(C)NCC1OCCN(C)C1c1ccc(Cl)cc1Br. The second-order valence-corrected chi connectivity index (χ2v) is 6.85. The van der Waals surface area contributed by atoms with Gasteiger partial charge in [-0.05, 0) is 24.7 Å². The molecule has 1 heterocycles. The second kappa shape index (κ2) is 7.23. The van der Waals surface area contributed by atoms with E-state index in [1.165, 1.54) is 5.56 Å². The molecule has 0 amide bonds. The van der Waals surface area contributed by atoms with Crippen LogP contribution in [0.5, 0.6) is 0 Å². The van der Waals surface area contributed by atoms with E-state index in [1.54, 1.807) is 0 Å². The molecule has 0 spiro atoms. The second-order valence-electron chi connectivity index (χ2n) is 5.56. The van der Waals surface area contributed by atoms with Crippen LogP contribution in [0, 0.1) is 0 Å². The van der Waals surface area contributed by atoms with Gasteiger partial charge in [0.05, 0.1) is 18.8 Å². The molecule has 1 aromatic rings. The van der Waals surface area contributed by atoms with Gasteiger partial charge in [-0.3, -0.25) is 4.90 Å². The van der Waals surface area contributed by atoms with Gasteiger partial charge in [-0.1, -0.05) is 47.4 Å². The van der Waals surface area contributed by atoms with E-state index in [4.69, 9.17) is 16.3 Å². The summed E-state index contributed by atoms with van der Waals surface area (Å²) in [6, 6.07) is 6.68. The van der Waals surface area contributed by atoms with E-state index in [0.29, 0.717) is 6.04 Å². The first kappa shape index (κ1) is 16.2. The van der Waals surface area contributed by atoms with Gasteiger partial charge in [-0.15, -0.1) is 0 Å². The highest BCUT2D eigenvalue weighted by Gasteiger charge is 2.32. The van der Waals surface area contributed by atoms with Crippen molar-refractivity contribution in [3.63, 3.8) is 0 Å². The summed E-state index contributed by atoms with van der Waals surface area (Å²) in [5, 5.41) is 4.22. The minimum Gasteiger partial charge on any atom is -0.374 e. The van der Waals surface area contributed by atoms with Crippen molar-refractivity contribution in [3.05, 3.63) is 33.3 Å². The third-order valence-electron chi connectivity index (χ3n) is 3.61. The van der Waals surface area contributed by atoms with E-state index in [2.05, 4.69) is 53.1 Å². The van der Waals surface area contributed by atoms with Crippen molar-refractivity contribution in [3.8, 4) is 0 Å². The molecule has 1 fully saturated rings. The highest BCUT2D eigenvalue weighted by Crippen LogP contribution is 2.34. The highest BCUT2D eigenvalue weighted by molar-refractivity contribution is 9.10. The molecular weight excluding hydrogens is 340 g/mol. The van der Waals surface area contributed by atoms with Gasteiger partial charge >= 0.3 is 0 Å². The zero-order valence-electron chi connectivity index (χ0n) is 12.2. The Kier molecular flexibility index (Phi) is 5.87. The minimum absolute atomic E-state index is 0.147. The third kappa shape index (κ3) is 3.95. The van der Waals surface area contributed by atoms with Crippen molar-refractivity contribution in [2.45, 2.75) is 32.0 Å². The number of halogens is 2. The molecule has 0 saturated carbocycles. The summed E-state index contributed by atoms with van der Waals surface area (Å²) in [5.41, 5.74) is 1.23. The average Bonchev–Trinajstić information content (AvgIpc) is 2.37. The van der Waals surface area contributed by atoms with E-state index in [-0.39, 0.29) is 12.1 Å². The van der Waals surface area contributed by atoms with Gasteiger partial charge in [0.15, 0.2) is 0 Å². The lowest BCUT2D eigenvalue weighted by Crippen LogP contribution is -2.48. The van der Waals surface area contributed by atoms with Gasteiger partial charge in [-0.25, -0.2) is 0 Å². The molecule has 0 aliphatic carbocycles. The Morgan fingerprint density at radius 3 is 2.90 bits per heavy atom. The lowest BCUT2D eigenvalue weighted by atomic mass is 9.98. The van der Waals surface area contributed by atoms with Crippen molar-refractivity contribution in [1.29, 1.82) is 0 Å². The number of rotatable bonds is 4. The average molecular weight is 362 g/mol. The number of ether oxygens (including phenoxy) is 1. The molecule has 0 radical (unpaired) electrons. The van der Waals surface area contributed by atoms with Crippen LogP contribution in [0.25, 0.3) is 0 Å². The van der Waals surface area contributed by atoms with Crippen LogP contribution in [0.1, 0.15) is 25.5 Å². The van der Waals surface area contributed by atoms with E-state index < -0.39 is 0 Å². The van der Waals surface area contributed by atoms with Gasteiger partial charge in [0.2, 0.25) is 0 Å². The molecule has 2 unspecified atom stereocenters. The number of hydrogen-bond donors (Lipinski definition) is 1. The molecule has 1 N–H and O–H groups in total. The Hall–Kier alpha value is -0.130. The van der Waals surface area contributed by atoms with Crippen LogP contribution < -0.4 is 5.32 Å². The van der Waals surface area contributed by atoms with Crippen LogP contribution >= 0.6 is 27.5 Å². The summed E-state index contributed by atoms with van der Waals surface area (Å²) in [6.45, 7) is 6.88. The van der Waals surface area contributed by atoms with Gasteiger partial charge in [0.1, 0.15) is 0 Å². The summed E-state index contributed by atoms with van der Waals surface area (Å²) < 4.78 is 7.04. The van der Waals surface area contributed by atoms with Crippen molar-refractivity contribution in [2.24, 2.45) is 0 Å². The largest absolute Gasteiger partial charge is 0.374 e. The summed E-state index contributed by atoms with van der Waals surface area (Å²) in [4.78, 5) is 2.35. The summed E-state index contributed by atoms with van der Waals surface area (Å²) in [7, 11) is 2.15. The maximum atomic E-state index is 6.04. The van der Waals surface area contributed by atoms with Crippen LogP contribution in [0.2, 0.25) is 5.02 Å². The molecule has 0 bridgehead atoms. The molecule has 1 aromatic carbocycles. The van der Waals surface area contributed by atoms with Crippen molar-refractivity contribution in [2.75, 3.05) is 26.7 Å². The molecule has 2 atom stereocenters. The van der Waals surface area contributed by atoms with Crippen LogP contribution in [0.15, 0.2) is 22.7 Å². The fraction of sp³-hybridized carbons (Fsp3) is 0.600. The fourth-order valence-corrected chi connectivity index (χ4v) is 3.48. The molecule has 3 nitrogen and oxygen atoms in total. The fourth-order valence-electron chi connectivity index (χ4n) is 2.56. The van der Waals surface area contributed by atoms with Crippen molar-refractivity contribution >= 4 is 27.5 Å². The van der Waals surface area contributed by atoms with E-state index in [0.717, 1.165) is 29.2 Å². The third-order valence-corrected chi connectivity index (χ3v) is 4.53.